The van der Waals surface area contributed by atoms with Crippen molar-refractivity contribution in [3.63, 3.8) is 0 Å². The Bertz CT molecular complexity index is 1500. The number of aryl methyl sites for hydroxylation is 2. The highest BCUT2D eigenvalue weighted by atomic mass is 79.9. The lowest BCUT2D eigenvalue weighted by atomic mass is 10.0. The number of rotatable bonds is 9. The molecule has 206 valence electrons. The third-order valence-corrected chi connectivity index (χ3v) is 6.91. The van der Waals surface area contributed by atoms with E-state index in [1.807, 2.05) is 42.5 Å². The molecule has 10 heteroatoms. The largest absolute Gasteiger partial charge is 0.480 e. The molecule has 3 aromatic carbocycles. The van der Waals surface area contributed by atoms with Gasteiger partial charge in [-0.2, -0.15) is 5.10 Å². The summed E-state index contributed by atoms with van der Waals surface area (Å²) in [5.41, 5.74) is 4.39. The molecular weight excluding hydrogens is 576 g/mol. The number of hydrogen-bond donors (Lipinski definition) is 3. The topological polar surface area (TPSA) is 123 Å². The van der Waals surface area contributed by atoms with Crippen molar-refractivity contribution in [3.05, 3.63) is 106 Å². The zero-order chi connectivity index (χ0) is 28.8. The Balaban J connectivity index is 1.47. The number of ether oxygens (including phenoxy) is 1. The molecular formula is C30H29BrN4O5. The van der Waals surface area contributed by atoms with E-state index in [-0.39, 0.29) is 6.42 Å². The fourth-order valence-electron chi connectivity index (χ4n) is 4.30. The van der Waals surface area contributed by atoms with Crippen LogP contribution >= 0.6 is 15.9 Å². The van der Waals surface area contributed by atoms with E-state index in [1.54, 1.807) is 62.0 Å². The molecule has 3 N–H and O–H groups in total. The van der Waals surface area contributed by atoms with Crippen LogP contribution in [0.3, 0.4) is 0 Å². The molecule has 0 saturated heterocycles. The normalized spacial score (nSPS) is 12.3. The van der Waals surface area contributed by atoms with E-state index < -0.39 is 30.1 Å². The predicted molar refractivity (Wildman–Crippen MR) is 155 cm³/mol. The molecule has 0 fully saturated rings. The Morgan fingerprint density at radius 1 is 1.00 bits per heavy atom. The molecule has 0 aliphatic rings. The van der Waals surface area contributed by atoms with Gasteiger partial charge in [-0.25, -0.2) is 9.59 Å². The van der Waals surface area contributed by atoms with E-state index in [0.717, 1.165) is 15.6 Å². The van der Waals surface area contributed by atoms with E-state index in [2.05, 4.69) is 31.7 Å². The van der Waals surface area contributed by atoms with Gasteiger partial charge in [-0.15, -0.1) is 0 Å². The fourth-order valence-corrected chi connectivity index (χ4v) is 4.56. The van der Waals surface area contributed by atoms with Gasteiger partial charge in [-0.05, 0) is 49.2 Å². The minimum atomic E-state index is -1.12. The van der Waals surface area contributed by atoms with Crippen molar-refractivity contribution in [1.29, 1.82) is 0 Å². The number of benzene rings is 3. The van der Waals surface area contributed by atoms with E-state index >= 15 is 0 Å². The van der Waals surface area contributed by atoms with Gasteiger partial charge in [0.15, 0.2) is 0 Å². The van der Waals surface area contributed by atoms with Crippen molar-refractivity contribution in [2.45, 2.75) is 32.4 Å². The first kappa shape index (κ1) is 28.6. The number of halogens is 1. The Morgan fingerprint density at radius 2 is 1.65 bits per heavy atom. The first-order chi connectivity index (χ1) is 19.1. The van der Waals surface area contributed by atoms with Gasteiger partial charge < -0.3 is 15.2 Å². The highest BCUT2D eigenvalue weighted by Crippen LogP contribution is 2.31. The summed E-state index contributed by atoms with van der Waals surface area (Å²) >= 11 is 3.36. The summed E-state index contributed by atoms with van der Waals surface area (Å²) in [5.74, 6) is -1.63. The number of nitrogens with one attached hydrogen (secondary N) is 2. The average molecular weight is 605 g/mol. The third kappa shape index (κ3) is 6.95. The molecule has 0 unspecified atom stereocenters. The lowest BCUT2D eigenvalue weighted by Gasteiger charge is -2.16. The van der Waals surface area contributed by atoms with Gasteiger partial charge in [0.25, 0.3) is 5.91 Å². The minimum absolute atomic E-state index is 0.148. The molecule has 0 radical (unpaired) electrons. The molecule has 40 heavy (non-hydrogen) atoms. The molecule has 1 heterocycles. The second-order valence-electron chi connectivity index (χ2n) is 9.29. The van der Waals surface area contributed by atoms with Crippen molar-refractivity contribution in [2.75, 3.05) is 5.32 Å². The van der Waals surface area contributed by atoms with Crippen LogP contribution in [0.15, 0.2) is 83.3 Å². The number of carboxylic acids is 1. The maximum atomic E-state index is 12.9. The van der Waals surface area contributed by atoms with Crippen molar-refractivity contribution >= 4 is 39.6 Å². The molecule has 0 aliphatic heterocycles. The zero-order valence-electron chi connectivity index (χ0n) is 22.2. The maximum absolute atomic E-state index is 12.9. The van der Waals surface area contributed by atoms with Crippen molar-refractivity contribution < 1.29 is 24.2 Å². The molecule has 9 nitrogen and oxygen atoms in total. The lowest BCUT2D eigenvalue weighted by molar-refractivity contribution is -0.139. The van der Waals surface area contributed by atoms with Crippen LogP contribution in [0.4, 0.5) is 10.5 Å². The molecule has 0 bridgehead atoms. The average Bonchev–Trinajstić information content (AvgIpc) is 3.21. The van der Waals surface area contributed by atoms with Gasteiger partial charge in [-0.1, -0.05) is 70.5 Å². The predicted octanol–water partition coefficient (Wildman–Crippen LogP) is 5.89. The van der Waals surface area contributed by atoms with Crippen LogP contribution < -0.4 is 10.6 Å². The molecule has 2 atom stereocenters. The maximum Gasteiger partial charge on any atom is 0.412 e. The molecule has 0 saturated carbocycles. The van der Waals surface area contributed by atoms with E-state index in [1.165, 1.54) is 0 Å². The number of carbonyl (C=O) groups excluding carboxylic acids is 2. The van der Waals surface area contributed by atoms with Crippen molar-refractivity contribution in [3.8, 4) is 11.3 Å². The van der Waals surface area contributed by atoms with Crippen LogP contribution in [-0.2, 0) is 23.0 Å². The standard InChI is InChI=1S/C30H29BrN4O5/c1-18-26(33-30(39)40-19(2)21-7-5-4-6-8-21)27(35(3)34-18)22-11-13-23(14-12-22)28(36)32-25(29(37)38)17-20-9-15-24(31)16-10-20/h4-16,19,25H,17H2,1-3H3,(H,32,36)(H,33,39)(H,37,38)/t19-,25-/m1/s1. The first-order valence-corrected chi connectivity index (χ1v) is 13.4. The number of carboxylic acid groups (broad SMARTS) is 1. The van der Waals surface area contributed by atoms with E-state index in [0.29, 0.717) is 28.2 Å². The summed E-state index contributed by atoms with van der Waals surface area (Å²) in [6.45, 7) is 3.57. The van der Waals surface area contributed by atoms with Crippen LogP contribution in [-0.4, -0.2) is 38.9 Å². The number of carbonyl (C=O) groups is 3. The summed E-state index contributed by atoms with van der Waals surface area (Å²) < 4.78 is 8.08. The summed E-state index contributed by atoms with van der Waals surface area (Å²) in [4.78, 5) is 37.4. The van der Waals surface area contributed by atoms with Crippen LogP contribution in [0.25, 0.3) is 11.3 Å². The van der Waals surface area contributed by atoms with E-state index in [9.17, 15) is 19.5 Å². The second kappa shape index (κ2) is 12.6. The molecule has 0 spiro atoms. The Hall–Kier alpha value is -4.44. The van der Waals surface area contributed by atoms with Crippen molar-refractivity contribution in [2.24, 2.45) is 7.05 Å². The van der Waals surface area contributed by atoms with Gasteiger partial charge in [0.1, 0.15) is 12.1 Å². The fraction of sp³-hybridized carbons (Fsp3) is 0.200. The summed E-state index contributed by atoms with van der Waals surface area (Å²) in [7, 11) is 1.76. The summed E-state index contributed by atoms with van der Waals surface area (Å²) in [6.07, 6.45) is -0.914. The van der Waals surface area contributed by atoms with Crippen LogP contribution in [0, 0.1) is 6.92 Å². The van der Waals surface area contributed by atoms with E-state index in [4.69, 9.17) is 4.74 Å². The van der Waals surface area contributed by atoms with Crippen molar-refractivity contribution in [1.82, 2.24) is 15.1 Å². The van der Waals surface area contributed by atoms with Gasteiger partial charge >= 0.3 is 12.1 Å². The number of amides is 2. The summed E-state index contributed by atoms with van der Waals surface area (Å²) in [5, 5.41) is 19.5. The number of hydrogen-bond acceptors (Lipinski definition) is 5. The number of nitrogens with zero attached hydrogens (tertiary/aromatic N) is 2. The molecule has 4 aromatic rings. The monoisotopic (exact) mass is 604 g/mol. The zero-order valence-corrected chi connectivity index (χ0v) is 23.8. The molecule has 4 rings (SSSR count). The first-order valence-electron chi connectivity index (χ1n) is 12.6. The highest BCUT2D eigenvalue weighted by Gasteiger charge is 2.23. The number of aliphatic carboxylic acids is 1. The van der Waals surface area contributed by atoms with Gasteiger partial charge in [-0.3, -0.25) is 14.8 Å². The molecule has 0 aliphatic carbocycles. The molecule has 1 aromatic heterocycles. The minimum Gasteiger partial charge on any atom is -0.480 e. The molecule has 2 amide bonds. The Labute approximate surface area is 240 Å². The van der Waals surface area contributed by atoms with Crippen LogP contribution in [0.1, 0.15) is 40.2 Å². The Kier molecular flexibility index (Phi) is 9.00. The number of aromatic nitrogens is 2. The Morgan fingerprint density at radius 3 is 2.27 bits per heavy atom. The number of anilines is 1. The smallest absolute Gasteiger partial charge is 0.412 e. The highest BCUT2D eigenvalue weighted by molar-refractivity contribution is 9.10. The van der Waals surface area contributed by atoms with Crippen LogP contribution in [0.2, 0.25) is 0 Å². The summed E-state index contributed by atoms with van der Waals surface area (Å²) in [6, 6.07) is 22.2. The quantitative estimate of drug-likeness (QED) is 0.219. The third-order valence-electron chi connectivity index (χ3n) is 6.38. The van der Waals surface area contributed by atoms with Gasteiger partial charge in [0.05, 0.1) is 17.1 Å². The second-order valence-corrected chi connectivity index (χ2v) is 10.2. The van der Waals surface area contributed by atoms with Crippen LogP contribution in [0.5, 0.6) is 0 Å². The van der Waals surface area contributed by atoms with Gasteiger partial charge in [0.2, 0.25) is 0 Å². The van der Waals surface area contributed by atoms with Gasteiger partial charge in [0, 0.05) is 29.1 Å². The lowest BCUT2D eigenvalue weighted by Crippen LogP contribution is -2.42. The SMILES string of the molecule is Cc1nn(C)c(-c2ccc(C(=O)N[C@H](Cc3ccc(Br)cc3)C(=O)O)cc2)c1NC(=O)O[C@H](C)c1ccccc1.